The van der Waals surface area contributed by atoms with Crippen LogP contribution >= 0.6 is 22.9 Å². The number of carbonyl (C=O) groups is 2. The number of fused-ring (bicyclic) bond motifs is 1. The first-order chi connectivity index (χ1) is 15.9. The zero-order valence-electron chi connectivity index (χ0n) is 18.1. The summed E-state index contributed by atoms with van der Waals surface area (Å²) >= 11 is 7.56. The number of hydrogen-bond donors (Lipinski definition) is 0. The Bertz CT molecular complexity index is 1200. The molecule has 5 rings (SSSR count). The summed E-state index contributed by atoms with van der Waals surface area (Å²) < 4.78 is 14.1. The van der Waals surface area contributed by atoms with Crippen LogP contribution in [0.5, 0.6) is 0 Å². The van der Waals surface area contributed by atoms with E-state index in [0.717, 1.165) is 17.1 Å². The Kier molecular flexibility index (Phi) is 5.93. The number of nitrogens with zero attached hydrogens (tertiary/aromatic N) is 3. The van der Waals surface area contributed by atoms with E-state index >= 15 is 0 Å². The van der Waals surface area contributed by atoms with Crippen LogP contribution in [-0.4, -0.2) is 40.8 Å². The van der Waals surface area contributed by atoms with Crippen molar-refractivity contribution in [3.63, 3.8) is 0 Å². The highest BCUT2D eigenvalue weighted by Crippen LogP contribution is 2.35. The fourth-order valence-corrected chi connectivity index (χ4v) is 5.97. The molecule has 1 saturated heterocycles. The normalized spacial score (nSPS) is 18.5. The molecule has 2 aromatic carbocycles. The van der Waals surface area contributed by atoms with Gasteiger partial charge in [0.05, 0.1) is 15.6 Å². The Morgan fingerprint density at radius 1 is 1.09 bits per heavy atom. The van der Waals surface area contributed by atoms with Gasteiger partial charge in [0, 0.05) is 36.1 Å². The number of anilines is 1. The minimum absolute atomic E-state index is 0.0697. The second-order valence-electron chi connectivity index (χ2n) is 8.59. The van der Waals surface area contributed by atoms with E-state index in [1.54, 1.807) is 4.90 Å². The number of piperidine rings is 1. The van der Waals surface area contributed by atoms with Gasteiger partial charge in [-0.1, -0.05) is 35.9 Å². The van der Waals surface area contributed by atoms with Gasteiger partial charge in [-0.05, 0) is 49.9 Å². The van der Waals surface area contributed by atoms with Gasteiger partial charge in [0.15, 0.2) is 0 Å². The Hall–Kier alpha value is -2.77. The van der Waals surface area contributed by atoms with Gasteiger partial charge in [0.2, 0.25) is 0 Å². The molecule has 1 fully saturated rings. The Morgan fingerprint density at radius 3 is 2.61 bits per heavy atom. The van der Waals surface area contributed by atoms with Crippen LogP contribution < -0.4 is 4.90 Å². The van der Waals surface area contributed by atoms with Gasteiger partial charge in [0.25, 0.3) is 11.8 Å². The Balaban J connectivity index is 1.26. The molecule has 0 saturated carbocycles. The van der Waals surface area contributed by atoms with Crippen LogP contribution in [0.1, 0.15) is 57.1 Å². The third-order valence-corrected chi connectivity index (χ3v) is 7.80. The number of carbonyl (C=O) groups excluding carboxylic acids is 2. The lowest BCUT2D eigenvalue weighted by Gasteiger charge is -2.31. The van der Waals surface area contributed by atoms with E-state index < -0.39 is 5.82 Å². The highest BCUT2D eigenvalue weighted by molar-refractivity contribution is 7.10. The van der Waals surface area contributed by atoms with Crippen LogP contribution in [0.15, 0.2) is 47.8 Å². The van der Waals surface area contributed by atoms with Crippen molar-refractivity contribution in [3.05, 3.63) is 80.5 Å². The van der Waals surface area contributed by atoms with Crippen LogP contribution in [0, 0.1) is 5.82 Å². The molecule has 0 spiro atoms. The third-order valence-electron chi connectivity index (χ3n) is 6.48. The average Bonchev–Trinajstić information content (AvgIpc) is 3.43. The number of aromatic nitrogens is 1. The molecule has 0 radical (unpaired) electrons. The van der Waals surface area contributed by atoms with Gasteiger partial charge in [-0.25, -0.2) is 9.37 Å². The fourth-order valence-electron chi connectivity index (χ4n) is 4.76. The first-order valence-corrected chi connectivity index (χ1v) is 12.3. The lowest BCUT2D eigenvalue weighted by Crippen LogP contribution is -2.38. The number of halogens is 2. The van der Waals surface area contributed by atoms with E-state index in [4.69, 9.17) is 11.6 Å². The summed E-state index contributed by atoms with van der Waals surface area (Å²) in [5, 5.41) is 2.87. The predicted molar refractivity (Wildman–Crippen MR) is 128 cm³/mol. The van der Waals surface area contributed by atoms with Gasteiger partial charge in [-0.3, -0.25) is 9.59 Å². The lowest BCUT2D eigenvalue weighted by atomic mass is 9.97. The molecule has 2 aliphatic heterocycles. The standard InChI is InChI=1S/C25H23ClFN3O2S/c1-15-13-17-5-2-3-8-21(17)30(15)24(31)20-14-33-23(28-20)16-9-11-29(12-10-16)25(32)22-18(26)6-4-7-19(22)27/h2-8,14-16H,9-13H2,1H3. The van der Waals surface area contributed by atoms with E-state index in [9.17, 15) is 14.0 Å². The average molecular weight is 484 g/mol. The Morgan fingerprint density at radius 2 is 1.85 bits per heavy atom. The highest BCUT2D eigenvalue weighted by Gasteiger charge is 2.33. The van der Waals surface area contributed by atoms with Crippen LogP contribution in [0.25, 0.3) is 0 Å². The van der Waals surface area contributed by atoms with Crippen molar-refractivity contribution in [2.45, 2.75) is 38.1 Å². The maximum atomic E-state index is 14.1. The fraction of sp³-hybridized carbons (Fsp3) is 0.320. The molecule has 5 nitrogen and oxygen atoms in total. The van der Waals surface area contributed by atoms with Crippen molar-refractivity contribution in [1.82, 2.24) is 9.88 Å². The van der Waals surface area contributed by atoms with Crippen molar-refractivity contribution in [2.24, 2.45) is 0 Å². The van der Waals surface area contributed by atoms with Crippen molar-refractivity contribution in [1.29, 1.82) is 0 Å². The summed E-state index contributed by atoms with van der Waals surface area (Å²) in [7, 11) is 0. The number of thiazole rings is 1. The van der Waals surface area contributed by atoms with Crippen LogP contribution in [-0.2, 0) is 6.42 Å². The van der Waals surface area contributed by atoms with Crippen molar-refractivity contribution < 1.29 is 14.0 Å². The summed E-state index contributed by atoms with van der Waals surface area (Å²) in [5.41, 5.74) is 2.54. The lowest BCUT2D eigenvalue weighted by molar-refractivity contribution is 0.0708. The minimum Gasteiger partial charge on any atom is -0.338 e. The largest absolute Gasteiger partial charge is 0.338 e. The molecule has 1 aromatic heterocycles. The molecule has 3 heterocycles. The monoisotopic (exact) mass is 483 g/mol. The van der Waals surface area contributed by atoms with Gasteiger partial charge in [-0.2, -0.15) is 0 Å². The smallest absolute Gasteiger partial charge is 0.278 e. The number of rotatable bonds is 3. The van der Waals surface area contributed by atoms with Crippen molar-refractivity contribution >= 4 is 40.4 Å². The molecular weight excluding hydrogens is 461 g/mol. The number of para-hydroxylation sites is 1. The first-order valence-electron chi connectivity index (χ1n) is 11.0. The number of hydrogen-bond acceptors (Lipinski definition) is 4. The molecule has 1 atom stereocenters. The molecule has 0 N–H and O–H groups in total. The highest BCUT2D eigenvalue weighted by atomic mass is 35.5. The molecular formula is C25H23ClFN3O2S. The molecule has 0 bridgehead atoms. The summed E-state index contributed by atoms with van der Waals surface area (Å²) in [6.45, 7) is 3.04. The van der Waals surface area contributed by atoms with Gasteiger partial charge in [-0.15, -0.1) is 11.3 Å². The van der Waals surface area contributed by atoms with Crippen LogP contribution in [0.3, 0.4) is 0 Å². The SMILES string of the molecule is CC1Cc2ccccc2N1C(=O)c1csc(C2CCN(C(=O)c3c(F)cccc3Cl)CC2)n1. The predicted octanol–water partition coefficient (Wildman–Crippen LogP) is 5.55. The summed E-state index contributed by atoms with van der Waals surface area (Å²) in [5.74, 6) is -0.889. The van der Waals surface area contributed by atoms with E-state index in [0.29, 0.717) is 31.6 Å². The van der Waals surface area contributed by atoms with E-state index in [2.05, 4.69) is 18.0 Å². The topological polar surface area (TPSA) is 53.5 Å². The maximum Gasteiger partial charge on any atom is 0.278 e. The number of amides is 2. The summed E-state index contributed by atoms with van der Waals surface area (Å²) in [6.07, 6.45) is 2.27. The zero-order chi connectivity index (χ0) is 23.1. The molecule has 0 aliphatic carbocycles. The van der Waals surface area contributed by atoms with Gasteiger partial charge < -0.3 is 9.80 Å². The first kappa shape index (κ1) is 22.0. The van der Waals surface area contributed by atoms with Crippen LogP contribution in [0.2, 0.25) is 5.02 Å². The van der Waals surface area contributed by atoms with E-state index in [-0.39, 0.29) is 34.4 Å². The second kappa shape index (κ2) is 8.88. The molecule has 33 heavy (non-hydrogen) atoms. The summed E-state index contributed by atoms with van der Waals surface area (Å²) in [6, 6.07) is 12.4. The van der Waals surface area contributed by atoms with E-state index in [1.165, 1.54) is 35.1 Å². The zero-order valence-corrected chi connectivity index (χ0v) is 19.7. The molecule has 2 aliphatic rings. The number of likely N-dealkylation sites (tertiary alicyclic amines) is 1. The van der Waals surface area contributed by atoms with Crippen molar-refractivity contribution in [2.75, 3.05) is 18.0 Å². The third kappa shape index (κ3) is 4.04. The molecule has 8 heteroatoms. The molecule has 170 valence electrons. The maximum absolute atomic E-state index is 14.1. The molecule has 1 unspecified atom stereocenters. The molecule has 3 aromatic rings. The van der Waals surface area contributed by atoms with Gasteiger partial charge >= 0.3 is 0 Å². The number of benzene rings is 2. The molecule has 2 amide bonds. The van der Waals surface area contributed by atoms with Crippen LogP contribution in [0.4, 0.5) is 10.1 Å². The quantitative estimate of drug-likeness (QED) is 0.491. The van der Waals surface area contributed by atoms with E-state index in [1.807, 2.05) is 28.5 Å². The second-order valence-corrected chi connectivity index (χ2v) is 9.89. The Labute approximate surface area is 200 Å². The summed E-state index contributed by atoms with van der Waals surface area (Å²) in [4.78, 5) is 34.2. The minimum atomic E-state index is -0.601. The van der Waals surface area contributed by atoms with Crippen molar-refractivity contribution in [3.8, 4) is 0 Å². The van der Waals surface area contributed by atoms with Gasteiger partial charge in [0.1, 0.15) is 11.5 Å².